The zero-order valence-corrected chi connectivity index (χ0v) is 15.4. The van der Waals surface area contributed by atoms with E-state index in [0.29, 0.717) is 0 Å². The molecule has 0 spiro atoms. The van der Waals surface area contributed by atoms with Crippen molar-refractivity contribution in [1.82, 2.24) is 0 Å². The molecule has 2 aliphatic carbocycles. The molecule has 0 bridgehead atoms. The fourth-order valence-electron chi connectivity index (χ4n) is 4.15. The largest absolute Gasteiger partial charge is 0.0905 e. The van der Waals surface area contributed by atoms with Crippen LogP contribution in [0.2, 0.25) is 0 Å². The van der Waals surface area contributed by atoms with Gasteiger partial charge in [-0.05, 0) is 58.8 Å². The molecule has 0 atom stereocenters. The van der Waals surface area contributed by atoms with Gasteiger partial charge in [0.15, 0.2) is 0 Å². The Labute approximate surface area is 147 Å². The third kappa shape index (κ3) is 2.55. The van der Waals surface area contributed by atoms with Gasteiger partial charge in [-0.25, -0.2) is 0 Å². The van der Waals surface area contributed by atoms with E-state index in [1.807, 2.05) is 0 Å². The van der Waals surface area contributed by atoms with Crippen molar-refractivity contribution >= 4 is 5.57 Å². The van der Waals surface area contributed by atoms with Crippen LogP contribution < -0.4 is 0 Å². The second-order valence-corrected chi connectivity index (χ2v) is 7.27. The van der Waals surface area contributed by atoms with E-state index in [1.54, 1.807) is 0 Å². The van der Waals surface area contributed by atoms with Crippen LogP contribution in [0.1, 0.15) is 58.1 Å². The standard InChI is InChI=1S/C24H28/c1-6-11-18-13-10-15-19(18)17(3)23-20-14-8-9-16-21(20)24(4,5)22(23)12-7-2/h7-9,12-16H,3,6,10-11H2,1-2,4-5H3/b12-7-. The highest BCUT2D eigenvalue weighted by Crippen LogP contribution is 2.51. The summed E-state index contributed by atoms with van der Waals surface area (Å²) < 4.78 is 0. The summed E-state index contributed by atoms with van der Waals surface area (Å²) in [6.45, 7) is 13.5. The van der Waals surface area contributed by atoms with Gasteiger partial charge in [0, 0.05) is 5.41 Å². The van der Waals surface area contributed by atoms with E-state index in [0.717, 1.165) is 12.8 Å². The molecule has 3 rings (SSSR count). The minimum atomic E-state index is 0.0230. The Hall–Kier alpha value is -2.08. The third-order valence-corrected chi connectivity index (χ3v) is 5.32. The molecule has 1 aromatic rings. The van der Waals surface area contributed by atoms with E-state index in [-0.39, 0.29) is 5.41 Å². The molecule has 0 nitrogen and oxygen atoms in total. The first kappa shape index (κ1) is 16.8. The Morgan fingerprint density at radius 3 is 2.67 bits per heavy atom. The number of hydrogen-bond donors (Lipinski definition) is 0. The van der Waals surface area contributed by atoms with Gasteiger partial charge in [-0.3, -0.25) is 0 Å². The Morgan fingerprint density at radius 1 is 1.21 bits per heavy atom. The summed E-state index contributed by atoms with van der Waals surface area (Å²) in [4.78, 5) is 0. The highest BCUT2D eigenvalue weighted by atomic mass is 14.4. The van der Waals surface area contributed by atoms with Crippen molar-refractivity contribution in [3.63, 3.8) is 0 Å². The molecule has 2 aliphatic rings. The van der Waals surface area contributed by atoms with Crippen molar-refractivity contribution in [3.8, 4) is 0 Å². The molecule has 24 heavy (non-hydrogen) atoms. The lowest BCUT2D eigenvalue weighted by molar-refractivity contribution is 0.654. The van der Waals surface area contributed by atoms with Gasteiger partial charge in [-0.15, -0.1) is 0 Å². The second-order valence-electron chi connectivity index (χ2n) is 7.27. The summed E-state index contributed by atoms with van der Waals surface area (Å²) in [5, 5.41) is 0. The van der Waals surface area contributed by atoms with E-state index >= 15 is 0 Å². The van der Waals surface area contributed by atoms with Gasteiger partial charge < -0.3 is 0 Å². The zero-order valence-electron chi connectivity index (χ0n) is 15.4. The predicted octanol–water partition coefficient (Wildman–Crippen LogP) is 6.92. The summed E-state index contributed by atoms with van der Waals surface area (Å²) in [7, 11) is 0. The molecular weight excluding hydrogens is 288 g/mol. The van der Waals surface area contributed by atoms with Crippen LogP contribution >= 0.6 is 0 Å². The molecule has 0 saturated carbocycles. The molecule has 0 heterocycles. The molecule has 0 aromatic heterocycles. The minimum Gasteiger partial charge on any atom is -0.0905 e. The molecule has 1 aromatic carbocycles. The van der Waals surface area contributed by atoms with Crippen LogP contribution in [0, 0.1) is 0 Å². The number of hydrogen-bond acceptors (Lipinski definition) is 0. The third-order valence-electron chi connectivity index (χ3n) is 5.32. The molecule has 0 saturated heterocycles. The molecule has 0 unspecified atom stereocenters. The highest BCUT2D eigenvalue weighted by molar-refractivity contribution is 5.94. The van der Waals surface area contributed by atoms with Crippen LogP contribution in [0.4, 0.5) is 0 Å². The Morgan fingerprint density at radius 2 is 1.96 bits per heavy atom. The van der Waals surface area contributed by atoms with Crippen molar-refractivity contribution in [2.24, 2.45) is 0 Å². The Bertz CT molecular complexity index is 791. The summed E-state index contributed by atoms with van der Waals surface area (Å²) >= 11 is 0. The molecule has 0 aliphatic heterocycles. The lowest BCUT2D eigenvalue weighted by Gasteiger charge is -2.23. The number of rotatable bonds is 5. The molecule has 0 N–H and O–H groups in total. The van der Waals surface area contributed by atoms with Gasteiger partial charge >= 0.3 is 0 Å². The minimum absolute atomic E-state index is 0.0230. The van der Waals surface area contributed by atoms with E-state index in [4.69, 9.17) is 0 Å². The maximum Gasteiger partial charge on any atom is 0.0158 e. The maximum absolute atomic E-state index is 4.55. The van der Waals surface area contributed by atoms with Gasteiger partial charge in [0.1, 0.15) is 0 Å². The quantitative estimate of drug-likeness (QED) is 0.553. The van der Waals surface area contributed by atoms with Crippen LogP contribution in [0.5, 0.6) is 0 Å². The number of fused-ring (bicyclic) bond motifs is 1. The predicted molar refractivity (Wildman–Crippen MR) is 106 cm³/mol. The summed E-state index contributed by atoms with van der Waals surface area (Å²) in [6.07, 6.45) is 12.5. The first-order valence-corrected chi connectivity index (χ1v) is 9.08. The average Bonchev–Trinajstić information content (AvgIpc) is 3.10. The van der Waals surface area contributed by atoms with Crippen molar-refractivity contribution in [1.29, 1.82) is 0 Å². The Kier molecular flexibility index (Phi) is 4.49. The van der Waals surface area contributed by atoms with E-state index in [9.17, 15) is 0 Å². The van der Waals surface area contributed by atoms with Crippen LogP contribution in [0.3, 0.4) is 0 Å². The SMILES string of the molecule is C=C(C1=CCC=C1CCC)C1=C(/C=C\C)C(C)(C)c2ccccc21. The smallest absolute Gasteiger partial charge is 0.0158 e. The Balaban J connectivity index is 2.15. The van der Waals surface area contributed by atoms with Crippen LogP contribution in [-0.2, 0) is 5.41 Å². The highest BCUT2D eigenvalue weighted by Gasteiger charge is 2.37. The lowest BCUT2D eigenvalue weighted by atomic mass is 9.80. The van der Waals surface area contributed by atoms with E-state index in [1.165, 1.54) is 45.4 Å². The van der Waals surface area contributed by atoms with Crippen molar-refractivity contribution in [3.05, 3.63) is 88.6 Å². The van der Waals surface area contributed by atoms with Crippen molar-refractivity contribution in [2.45, 2.75) is 52.4 Å². The molecule has 124 valence electrons. The molecule has 0 radical (unpaired) electrons. The van der Waals surface area contributed by atoms with E-state index in [2.05, 4.69) is 82.8 Å². The zero-order chi connectivity index (χ0) is 17.3. The summed E-state index contributed by atoms with van der Waals surface area (Å²) in [5.74, 6) is 0. The molecule has 0 fully saturated rings. The molecule has 0 amide bonds. The lowest BCUT2D eigenvalue weighted by Crippen LogP contribution is -2.16. The van der Waals surface area contributed by atoms with Gasteiger partial charge in [0.05, 0.1) is 0 Å². The average molecular weight is 316 g/mol. The number of allylic oxidation sites excluding steroid dienone is 9. The fourth-order valence-corrected chi connectivity index (χ4v) is 4.15. The summed E-state index contributed by atoms with van der Waals surface area (Å²) in [5.41, 5.74) is 9.54. The van der Waals surface area contributed by atoms with Gasteiger partial charge in [0.25, 0.3) is 0 Å². The van der Waals surface area contributed by atoms with Crippen LogP contribution in [0.15, 0.2) is 77.4 Å². The first-order valence-electron chi connectivity index (χ1n) is 9.08. The molecule has 0 heteroatoms. The summed E-state index contributed by atoms with van der Waals surface area (Å²) in [6, 6.07) is 8.82. The number of benzene rings is 1. The van der Waals surface area contributed by atoms with Gasteiger partial charge in [-0.2, -0.15) is 0 Å². The van der Waals surface area contributed by atoms with Gasteiger partial charge in [-0.1, -0.05) is 82.3 Å². The van der Waals surface area contributed by atoms with Gasteiger partial charge in [0.2, 0.25) is 0 Å². The fraction of sp³-hybridized carbons (Fsp3) is 0.333. The monoisotopic (exact) mass is 316 g/mol. The second kappa shape index (κ2) is 6.43. The normalized spacial score (nSPS) is 18.8. The first-order chi connectivity index (χ1) is 11.5. The van der Waals surface area contributed by atoms with Crippen molar-refractivity contribution < 1.29 is 0 Å². The maximum atomic E-state index is 4.55. The molecular formula is C24H28. The van der Waals surface area contributed by atoms with Crippen LogP contribution in [0.25, 0.3) is 5.57 Å². The topological polar surface area (TPSA) is 0 Å². The van der Waals surface area contributed by atoms with Crippen molar-refractivity contribution in [2.75, 3.05) is 0 Å². The van der Waals surface area contributed by atoms with E-state index < -0.39 is 0 Å². The van der Waals surface area contributed by atoms with Crippen LogP contribution in [-0.4, -0.2) is 0 Å².